The first kappa shape index (κ1) is 20.4. The Bertz CT molecular complexity index is 1170. The number of halogens is 1. The Kier molecular flexibility index (Phi) is 4.65. The van der Waals surface area contributed by atoms with Crippen molar-refractivity contribution in [1.29, 1.82) is 0 Å². The van der Waals surface area contributed by atoms with Crippen LogP contribution in [0.4, 0.5) is 15.8 Å². The highest BCUT2D eigenvalue weighted by molar-refractivity contribution is 6.27. The molecule has 32 heavy (non-hydrogen) atoms. The summed E-state index contributed by atoms with van der Waals surface area (Å²) >= 11 is 0. The number of alkyl halides is 1. The second kappa shape index (κ2) is 7.29. The number of carbonyl (C=O) groups excluding carboxylic acids is 3. The average Bonchev–Trinajstić information content (AvgIpc) is 3.01. The number of aliphatic carboxylic acids is 1. The van der Waals surface area contributed by atoms with Gasteiger partial charge in [-0.3, -0.25) is 29.4 Å². The molecule has 2 aromatic carbocycles. The van der Waals surface area contributed by atoms with E-state index in [0.717, 1.165) is 16.5 Å². The number of carboxylic acids is 1. The van der Waals surface area contributed by atoms with Gasteiger partial charge in [-0.25, -0.2) is 4.39 Å². The molecule has 5 rings (SSSR count). The van der Waals surface area contributed by atoms with Gasteiger partial charge in [0.1, 0.15) is 11.7 Å². The van der Waals surface area contributed by atoms with Crippen molar-refractivity contribution in [1.82, 2.24) is 5.32 Å². The molecule has 3 heterocycles. The molecule has 0 aromatic heterocycles. The van der Waals surface area contributed by atoms with Gasteiger partial charge in [-0.15, -0.1) is 0 Å². The molecule has 3 aliphatic heterocycles. The Morgan fingerprint density at radius 1 is 1.19 bits per heavy atom. The van der Waals surface area contributed by atoms with Gasteiger partial charge in [-0.2, -0.15) is 0 Å². The first-order chi connectivity index (χ1) is 15.3. The van der Waals surface area contributed by atoms with Crippen LogP contribution in [-0.4, -0.2) is 53.6 Å². The van der Waals surface area contributed by atoms with Gasteiger partial charge in [-0.1, -0.05) is 12.1 Å². The van der Waals surface area contributed by atoms with E-state index in [2.05, 4.69) is 5.32 Å². The van der Waals surface area contributed by atoms with Crippen molar-refractivity contribution >= 4 is 45.8 Å². The minimum Gasteiger partial charge on any atom is -0.481 e. The molecule has 2 saturated heterocycles. The first-order valence-corrected chi connectivity index (χ1v) is 10.7. The number of hydrogen-bond donors (Lipinski definition) is 2. The largest absolute Gasteiger partial charge is 0.481 e. The van der Waals surface area contributed by atoms with E-state index in [1.165, 1.54) is 4.90 Å². The van der Waals surface area contributed by atoms with Crippen LogP contribution in [0.25, 0.3) is 10.8 Å². The quantitative estimate of drug-likeness (QED) is 0.709. The van der Waals surface area contributed by atoms with E-state index in [0.29, 0.717) is 24.3 Å². The summed E-state index contributed by atoms with van der Waals surface area (Å²) in [5.74, 6) is -2.26. The monoisotopic (exact) mass is 439 g/mol. The number of amides is 3. The van der Waals surface area contributed by atoms with Crippen molar-refractivity contribution in [2.75, 3.05) is 22.9 Å². The maximum absolute atomic E-state index is 14.8. The summed E-state index contributed by atoms with van der Waals surface area (Å²) in [4.78, 5) is 51.8. The zero-order valence-electron chi connectivity index (χ0n) is 17.3. The number of benzene rings is 2. The molecule has 1 unspecified atom stereocenters. The SMILES string of the molecule is O=C(O)CC1(F)CCN(c2cc3c4c(cccc4c2)N(C2CCC(=O)NC2=O)C3=O)CC1. The molecular weight excluding hydrogens is 417 g/mol. The summed E-state index contributed by atoms with van der Waals surface area (Å²) in [7, 11) is 0. The lowest BCUT2D eigenvalue weighted by Gasteiger charge is -2.37. The lowest BCUT2D eigenvalue weighted by atomic mass is 9.89. The number of nitrogens with one attached hydrogen (secondary N) is 1. The van der Waals surface area contributed by atoms with Gasteiger partial charge in [-0.05, 0) is 42.8 Å². The molecule has 0 saturated carbocycles. The van der Waals surface area contributed by atoms with Crippen LogP contribution in [0.5, 0.6) is 0 Å². The molecular formula is C23H22FN3O5. The Morgan fingerprint density at radius 3 is 2.62 bits per heavy atom. The second-order valence-electron chi connectivity index (χ2n) is 8.72. The van der Waals surface area contributed by atoms with Crippen LogP contribution >= 0.6 is 0 Å². The summed E-state index contributed by atoms with van der Waals surface area (Å²) in [6.07, 6.45) is 0.132. The first-order valence-electron chi connectivity index (χ1n) is 10.7. The summed E-state index contributed by atoms with van der Waals surface area (Å²) < 4.78 is 14.8. The number of nitrogens with zero attached hydrogens (tertiary/aromatic N) is 2. The van der Waals surface area contributed by atoms with E-state index >= 15 is 0 Å². The van der Waals surface area contributed by atoms with E-state index < -0.39 is 30.0 Å². The van der Waals surface area contributed by atoms with Crippen molar-refractivity contribution in [3.8, 4) is 0 Å². The molecule has 3 aliphatic rings. The Balaban J connectivity index is 1.46. The third-order valence-corrected chi connectivity index (χ3v) is 6.66. The molecule has 8 nitrogen and oxygen atoms in total. The Morgan fingerprint density at radius 2 is 1.94 bits per heavy atom. The number of carboxylic acid groups (broad SMARTS) is 1. The number of imide groups is 1. The Hall–Kier alpha value is -3.49. The van der Waals surface area contributed by atoms with Gasteiger partial charge in [0.05, 0.1) is 17.7 Å². The number of anilines is 2. The molecule has 2 aromatic rings. The minimum absolute atomic E-state index is 0.100. The molecule has 0 radical (unpaired) electrons. The lowest BCUT2D eigenvalue weighted by Crippen LogP contribution is -2.53. The van der Waals surface area contributed by atoms with Crippen LogP contribution < -0.4 is 15.1 Å². The zero-order chi connectivity index (χ0) is 22.6. The van der Waals surface area contributed by atoms with Crippen molar-refractivity contribution in [2.24, 2.45) is 0 Å². The highest BCUT2D eigenvalue weighted by Gasteiger charge is 2.41. The highest BCUT2D eigenvalue weighted by Crippen LogP contribution is 2.42. The smallest absolute Gasteiger partial charge is 0.306 e. The van der Waals surface area contributed by atoms with Gasteiger partial charge in [0.25, 0.3) is 5.91 Å². The second-order valence-corrected chi connectivity index (χ2v) is 8.72. The molecule has 0 bridgehead atoms. The summed E-state index contributed by atoms with van der Waals surface area (Å²) in [5, 5.41) is 12.9. The maximum atomic E-state index is 14.8. The molecule has 1 atom stereocenters. The fourth-order valence-corrected chi connectivity index (χ4v) is 5.03. The van der Waals surface area contributed by atoms with Crippen molar-refractivity contribution in [2.45, 2.75) is 43.8 Å². The maximum Gasteiger partial charge on any atom is 0.306 e. The third-order valence-electron chi connectivity index (χ3n) is 6.66. The van der Waals surface area contributed by atoms with Gasteiger partial charge in [0.15, 0.2) is 0 Å². The van der Waals surface area contributed by atoms with E-state index in [4.69, 9.17) is 5.11 Å². The predicted octanol–water partition coefficient (Wildman–Crippen LogP) is 2.39. The van der Waals surface area contributed by atoms with E-state index in [1.807, 2.05) is 23.1 Å². The van der Waals surface area contributed by atoms with Gasteiger partial charge in [0, 0.05) is 30.6 Å². The summed E-state index contributed by atoms with van der Waals surface area (Å²) in [5.41, 5.74) is 0.161. The average molecular weight is 439 g/mol. The predicted molar refractivity (Wildman–Crippen MR) is 114 cm³/mol. The molecule has 2 fully saturated rings. The molecule has 3 amide bonds. The van der Waals surface area contributed by atoms with Crippen LogP contribution in [0.3, 0.4) is 0 Å². The van der Waals surface area contributed by atoms with Crippen molar-refractivity contribution in [3.05, 3.63) is 35.9 Å². The lowest BCUT2D eigenvalue weighted by molar-refractivity contribution is -0.140. The summed E-state index contributed by atoms with van der Waals surface area (Å²) in [6, 6.07) is 8.46. The molecule has 9 heteroatoms. The topological polar surface area (TPSA) is 107 Å². The highest BCUT2D eigenvalue weighted by atomic mass is 19.1. The van der Waals surface area contributed by atoms with Crippen LogP contribution in [-0.2, 0) is 14.4 Å². The minimum atomic E-state index is -1.72. The zero-order valence-corrected chi connectivity index (χ0v) is 17.3. The fourth-order valence-electron chi connectivity index (χ4n) is 5.03. The van der Waals surface area contributed by atoms with Crippen molar-refractivity contribution < 1.29 is 28.7 Å². The van der Waals surface area contributed by atoms with Crippen LogP contribution in [0, 0.1) is 0 Å². The van der Waals surface area contributed by atoms with E-state index in [1.54, 1.807) is 12.1 Å². The van der Waals surface area contributed by atoms with Gasteiger partial charge >= 0.3 is 5.97 Å². The van der Waals surface area contributed by atoms with Crippen LogP contribution in [0.15, 0.2) is 30.3 Å². The standard InChI is InChI=1S/C23H22FN3O5/c24-23(12-19(29)30)6-8-26(9-7-23)14-10-13-2-1-3-16-20(13)15(11-14)22(32)27(16)17-4-5-18(28)25-21(17)31/h1-3,10-11,17H,4-9,12H2,(H,29,30)(H,25,28,31). The third kappa shape index (κ3) is 3.28. The molecule has 2 N–H and O–H groups in total. The van der Waals surface area contributed by atoms with Gasteiger partial charge in [0.2, 0.25) is 11.8 Å². The molecule has 166 valence electrons. The summed E-state index contributed by atoms with van der Waals surface area (Å²) in [6.45, 7) is 0.693. The Labute approximate surface area is 183 Å². The molecule has 0 spiro atoms. The number of hydrogen-bond acceptors (Lipinski definition) is 5. The van der Waals surface area contributed by atoms with Crippen LogP contribution in [0.1, 0.15) is 42.5 Å². The van der Waals surface area contributed by atoms with E-state index in [-0.39, 0.29) is 37.5 Å². The van der Waals surface area contributed by atoms with E-state index in [9.17, 15) is 23.6 Å². The number of rotatable bonds is 4. The molecule has 0 aliphatic carbocycles. The van der Waals surface area contributed by atoms with Gasteiger partial charge < -0.3 is 10.0 Å². The van der Waals surface area contributed by atoms with Crippen LogP contribution in [0.2, 0.25) is 0 Å². The number of carbonyl (C=O) groups is 4. The van der Waals surface area contributed by atoms with Crippen molar-refractivity contribution in [3.63, 3.8) is 0 Å². The fraction of sp³-hybridized carbons (Fsp3) is 0.391. The number of piperidine rings is 2. The normalized spacial score (nSPS) is 22.4.